The first-order valence-electron chi connectivity index (χ1n) is 29.0. The molecule has 394 valence electrons. The molecule has 4 aromatic heterocycles. The van der Waals surface area contributed by atoms with Crippen LogP contribution in [0.5, 0.6) is 0 Å². The molecule has 0 amide bonds. The van der Waals surface area contributed by atoms with Crippen molar-refractivity contribution in [3.63, 3.8) is 0 Å². The molecule has 14 aromatic rings. The van der Waals surface area contributed by atoms with Crippen molar-refractivity contribution >= 4 is 141 Å². The number of hydrogen-bond donors (Lipinski definition) is 0. The third-order valence-electron chi connectivity index (χ3n) is 18.0. The first-order valence-corrected chi connectivity index (χ1v) is 31.4. The Hall–Kier alpha value is -7.86. The lowest BCUT2D eigenvalue weighted by atomic mass is 9.32. The van der Waals surface area contributed by atoms with Gasteiger partial charge < -0.3 is 0 Å². The summed E-state index contributed by atoms with van der Waals surface area (Å²) >= 11 is 5.67. The second-order valence-electron chi connectivity index (χ2n) is 23.9. The Morgan fingerprint density at radius 2 is 0.890 bits per heavy atom. The summed E-state index contributed by atoms with van der Waals surface area (Å²) in [6.07, 6.45) is 1.80. The van der Waals surface area contributed by atoms with Gasteiger partial charge >= 0.3 is 0 Å². The largest absolute Gasteiger partial charge is 0.248 e. The highest BCUT2D eigenvalue weighted by atomic mass is 32.1. The molecule has 5 heterocycles. The topological polar surface area (TPSA) is 12.9 Å². The van der Waals surface area contributed by atoms with Gasteiger partial charge in [-0.05, 0) is 157 Å². The maximum absolute atomic E-state index is 5.54. The molecule has 0 N–H and O–H groups in total. The molecule has 0 spiro atoms. The number of thiophene rings is 3. The van der Waals surface area contributed by atoms with Crippen LogP contribution in [0.4, 0.5) is 0 Å². The summed E-state index contributed by atoms with van der Waals surface area (Å²) in [6.45, 7) is 21.0. The molecule has 0 saturated heterocycles. The monoisotopic (exact) mass is 1110 g/mol. The standard InChI is InChI=1S/C76H61B2NS3/c1-42-28-45(4)71(46(5)29-42)77(55-24-26-69-61(40-55)62-41-56(25-27-70(62)80-69)78-73-47(6)30-43(2)32-53(73)39-54-33-44(3)31-48(7)74(54)78)72-49(8)34-51(35-50(72)9)36-52-37-63-58-17-11-13-23-68(58)82-76(63)64(38-52)66-21-15-20-65(79-66)60-19-14-18-59-57-16-10-12-22-67(57)81-75(59)60/h10-35,37-38,40-41H,36,39H2,1-9H3. The molecule has 15 rings (SSSR count). The molecule has 10 aromatic carbocycles. The summed E-state index contributed by atoms with van der Waals surface area (Å²) in [5, 5.41) is 7.90. The lowest BCUT2D eigenvalue weighted by Gasteiger charge is -2.31. The molecular weight excluding hydrogens is 1040 g/mol. The average molecular weight is 1110 g/mol. The van der Waals surface area contributed by atoms with Crippen LogP contribution >= 0.6 is 34.0 Å². The molecule has 0 aliphatic carbocycles. The summed E-state index contributed by atoms with van der Waals surface area (Å²) < 4.78 is 7.86. The molecule has 0 bridgehead atoms. The number of aromatic nitrogens is 1. The molecule has 0 unspecified atom stereocenters. The highest BCUT2D eigenvalue weighted by Crippen LogP contribution is 2.43. The molecule has 0 fully saturated rings. The minimum absolute atomic E-state index is 0.0444. The van der Waals surface area contributed by atoms with Crippen LogP contribution in [0.2, 0.25) is 0 Å². The van der Waals surface area contributed by atoms with Gasteiger partial charge in [-0.2, -0.15) is 0 Å². The Balaban J connectivity index is 0.843. The maximum atomic E-state index is 5.54. The van der Waals surface area contributed by atoms with Crippen molar-refractivity contribution in [2.75, 3.05) is 0 Å². The molecule has 1 nitrogen and oxygen atoms in total. The first-order chi connectivity index (χ1) is 39.8. The maximum Gasteiger partial charge on any atom is 0.242 e. The summed E-state index contributed by atoms with van der Waals surface area (Å²) in [6, 6.07) is 70.1. The van der Waals surface area contributed by atoms with Crippen LogP contribution < -0.4 is 32.8 Å². The number of fused-ring (bicyclic) bond motifs is 11. The third kappa shape index (κ3) is 8.43. The number of hydrogen-bond acceptors (Lipinski definition) is 4. The first kappa shape index (κ1) is 51.1. The van der Waals surface area contributed by atoms with E-state index in [1.54, 1.807) is 0 Å². The minimum atomic E-state index is 0.0444. The van der Waals surface area contributed by atoms with Crippen LogP contribution in [0, 0.1) is 62.3 Å². The van der Waals surface area contributed by atoms with E-state index in [9.17, 15) is 0 Å². The van der Waals surface area contributed by atoms with Crippen LogP contribution in [-0.4, -0.2) is 18.4 Å². The summed E-state index contributed by atoms with van der Waals surface area (Å²) in [5.41, 5.74) is 30.6. The molecule has 1 aliphatic rings. The normalized spacial score (nSPS) is 12.4. The number of benzene rings is 10. The van der Waals surface area contributed by atoms with Gasteiger partial charge in [0.25, 0.3) is 0 Å². The fourth-order valence-electron chi connectivity index (χ4n) is 15.0. The second-order valence-corrected chi connectivity index (χ2v) is 27.1. The minimum Gasteiger partial charge on any atom is -0.248 e. The molecular formula is C76H61B2NS3. The van der Waals surface area contributed by atoms with Crippen molar-refractivity contribution in [2.45, 2.75) is 75.2 Å². The van der Waals surface area contributed by atoms with Crippen LogP contribution in [0.15, 0.2) is 182 Å². The molecule has 1 aliphatic heterocycles. The Bertz CT molecular complexity index is 4910. The zero-order chi connectivity index (χ0) is 55.8. The van der Waals surface area contributed by atoms with E-state index in [4.69, 9.17) is 4.98 Å². The highest BCUT2D eigenvalue weighted by Gasteiger charge is 2.35. The second kappa shape index (κ2) is 19.7. The van der Waals surface area contributed by atoms with Gasteiger partial charge in [-0.25, -0.2) is 4.98 Å². The van der Waals surface area contributed by atoms with Gasteiger partial charge in [0.05, 0.1) is 11.4 Å². The van der Waals surface area contributed by atoms with E-state index in [0.29, 0.717) is 0 Å². The van der Waals surface area contributed by atoms with Crippen LogP contribution in [-0.2, 0) is 12.8 Å². The third-order valence-corrected chi connectivity index (χ3v) is 21.6. The van der Waals surface area contributed by atoms with E-state index >= 15 is 0 Å². The van der Waals surface area contributed by atoms with Crippen molar-refractivity contribution in [3.05, 3.63) is 254 Å². The van der Waals surface area contributed by atoms with Gasteiger partial charge in [0.1, 0.15) is 0 Å². The number of aryl methyl sites for hydroxylation is 9. The van der Waals surface area contributed by atoms with E-state index < -0.39 is 0 Å². The average Bonchev–Trinajstić information content (AvgIpc) is 2.66. The van der Waals surface area contributed by atoms with Crippen LogP contribution in [0.3, 0.4) is 0 Å². The Morgan fingerprint density at radius 3 is 1.55 bits per heavy atom. The summed E-state index contributed by atoms with van der Waals surface area (Å²) in [4.78, 5) is 5.54. The van der Waals surface area contributed by atoms with Gasteiger partial charge in [0.15, 0.2) is 0 Å². The SMILES string of the molecule is Cc1cc(C)c(B(c2ccc3sc4ccc(B5c6c(C)cc(C)cc6Cc6cc(C)cc(C)c65)cc4c3c2)c2c(C)cc(Cc3cc(-c4cccc(-c5cccc6c5sc5ccccc56)n4)c4sc5ccccc5c4c3)cc2C)c(C)c1. The van der Waals surface area contributed by atoms with Crippen molar-refractivity contribution < 1.29 is 0 Å². The van der Waals surface area contributed by atoms with E-state index in [1.165, 1.54) is 177 Å². The van der Waals surface area contributed by atoms with Crippen LogP contribution in [0.1, 0.15) is 72.3 Å². The molecule has 0 saturated carbocycles. The zero-order valence-corrected chi connectivity index (χ0v) is 50.5. The quantitative estimate of drug-likeness (QED) is 0.138. The molecule has 6 heteroatoms. The van der Waals surface area contributed by atoms with E-state index in [1.807, 2.05) is 34.0 Å². The fourth-order valence-corrected chi connectivity index (χ4v) is 18.4. The predicted octanol–water partition coefficient (Wildman–Crippen LogP) is 16.8. The van der Waals surface area contributed by atoms with Gasteiger partial charge in [-0.15, -0.1) is 34.0 Å². The number of rotatable bonds is 8. The number of nitrogens with zero attached hydrogens (tertiary/aromatic N) is 1. The molecule has 0 atom stereocenters. The van der Waals surface area contributed by atoms with Crippen LogP contribution in [0.25, 0.3) is 83.0 Å². The van der Waals surface area contributed by atoms with Crippen molar-refractivity contribution in [1.82, 2.24) is 4.98 Å². The summed E-state index contributed by atoms with van der Waals surface area (Å²) in [5.74, 6) is 0. The Kier molecular flexibility index (Phi) is 12.2. The van der Waals surface area contributed by atoms with E-state index in [-0.39, 0.29) is 13.4 Å². The van der Waals surface area contributed by atoms with Crippen molar-refractivity contribution in [3.8, 4) is 22.5 Å². The molecule has 0 radical (unpaired) electrons. The molecule has 82 heavy (non-hydrogen) atoms. The fraction of sp³-hybridized carbons (Fsp3) is 0.145. The van der Waals surface area contributed by atoms with Gasteiger partial charge in [-0.3, -0.25) is 0 Å². The van der Waals surface area contributed by atoms with Crippen molar-refractivity contribution in [2.24, 2.45) is 0 Å². The Morgan fingerprint density at radius 1 is 0.390 bits per heavy atom. The highest BCUT2D eigenvalue weighted by molar-refractivity contribution is 7.27. The zero-order valence-electron chi connectivity index (χ0n) is 48.1. The number of pyridine rings is 1. The lowest BCUT2D eigenvalue weighted by Crippen LogP contribution is -2.58. The lowest BCUT2D eigenvalue weighted by molar-refractivity contribution is 1.16. The Labute approximate surface area is 494 Å². The van der Waals surface area contributed by atoms with Gasteiger partial charge in [0.2, 0.25) is 13.4 Å². The van der Waals surface area contributed by atoms with E-state index in [0.717, 1.165) is 24.2 Å². The van der Waals surface area contributed by atoms with Crippen molar-refractivity contribution in [1.29, 1.82) is 0 Å². The van der Waals surface area contributed by atoms with E-state index in [2.05, 4.69) is 244 Å². The predicted molar refractivity (Wildman–Crippen MR) is 364 cm³/mol. The van der Waals surface area contributed by atoms with Gasteiger partial charge in [-0.1, -0.05) is 216 Å². The van der Waals surface area contributed by atoms with Gasteiger partial charge in [0, 0.05) is 60.9 Å². The smallest absolute Gasteiger partial charge is 0.242 e. The summed E-state index contributed by atoms with van der Waals surface area (Å²) in [7, 11) is 0.